The van der Waals surface area contributed by atoms with E-state index in [2.05, 4.69) is 20.3 Å². The van der Waals surface area contributed by atoms with E-state index >= 15 is 0 Å². The van der Waals surface area contributed by atoms with Gasteiger partial charge < -0.3 is 15.0 Å². The van der Waals surface area contributed by atoms with Crippen molar-refractivity contribution in [3.8, 4) is 11.5 Å². The van der Waals surface area contributed by atoms with Crippen LogP contribution in [0.1, 0.15) is 0 Å². The van der Waals surface area contributed by atoms with Crippen molar-refractivity contribution in [3.05, 3.63) is 45.1 Å². The summed E-state index contributed by atoms with van der Waals surface area (Å²) >= 11 is 0. The highest BCUT2D eigenvalue weighted by atomic mass is 16.3. The number of aromatic amines is 1. The normalized spacial score (nSPS) is 11.3. The van der Waals surface area contributed by atoms with Gasteiger partial charge >= 0.3 is 5.69 Å². The molecule has 1 aromatic carbocycles. The summed E-state index contributed by atoms with van der Waals surface area (Å²) in [4.78, 5) is 33.8. The summed E-state index contributed by atoms with van der Waals surface area (Å²) in [5.74, 6) is 0.262. The molecule has 0 atom stereocenters. The van der Waals surface area contributed by atoms with Gasteiger partial charge in [0.1, 0.15) is 0 Å². The molecule has 3 N–H and O–H groups in total. The van der Waals surface area contributed by atoms with Crippen LogP contribution in [-0.4, -0.2) is 44.3 Å². The Labute approximate surface area is 124 Å². The summed E-state index contributed by atoms with van der Waals surface area (Å²) in [6.45, 7) is 1.58. The lowest BCUT2D eigenvalue weighted by Gasteiger charge is -2.16. The number of para-hydroxylation sites is 2. The van der Waals surface area contributed by atoms with Crippen LogP contribution in [0.25, 0.3) is 22.6 Å². The predicted octanol–water partition coefficient (Wildman–Crippen LogP) is -0.833. The second-order valence-corrected chi connectivity index (χ2v) is 4.77. The van der Waals surface area contributed by atoms with Crippen molar-refractivity contribution < 1.29 is 5.11 Å². The number of nitrogens with one attached hydrogen (secondary N) is 2. The number of aliphatic hydroxyl groups is 1. The van der Waals surface area contributed by atoms with Crippen LogP contribution in [0.4, 0.5) is 0 Å². The van der Waals surface area contributed by atoms with E-state index in [-0.39, 0.29) is 18.1 Å². The second kappa shape index (κ2) is 6.04. The molecule has 2 aliphatic rings. The van der Waals surface area contributed by atoms with E-state index in [0.29, 0.717) is 25.2 Å². The minimum atomic E-state index is -0.688. The van der Waals surface area contributed by atoms with Crippen LogP contribution < -0.4 is 16.6 Å². The zero-order valence-electron chi connectivity index (χ0n) is 11.7. The van der Waals surface area contributed by atoms with Crippen LogP contribution in [0, 0.1) is 0 Å². The summed E-state index contributed by atoms with van der Waals surface area (Å²) in [5.41, 5.74) is 0.353. The molecule has 0 bridgehead atoms. The zero-order valence-corrected chi connectivity index (χ0v) is 11.7. The Hall–Kier alpha value is -2.58. The molecule has 8 nitrogen and oxygen atoms in total. The van der Waals surface area contributed by atoms with E-state index in [9.17, 15) is 9.59 Å². The van der Waals surface area contributed by atoms with Crippen molar-refractivity contribution in [2.24, 2.45) is 0 Å². The maximum absolute atomic E-state index is 12.0. The summed E-state index contributed by atoms with van der Waals surface area (Å²) in [6.07, 6.45) is 0. The number of benzene rings is 1. The van der Waals surface area contributed by atoms with Crippen LogP contribution in [0.2, 0.25) is 0 Å². The van der Waals surface area contributed by atoms with Crippen LogP contribution >= 0.6 is 0 Å². The number of nitrogens with zero attached hydrogens (tertiary/aromatic N) is 3. The highest BCUT2D eigenvalue weighted by molar-refractivity contribution is 5.79. The van der Waals surface area contributed by atoms with Gasteiger partial charge in [-0.2, -0.15) is 4.98 Å². The monoisotopic (exact) mass is 301 g/mol. The second-order valence-electron chi connectivity index (χ2n) is 4.77. The fourth-order valence-electron chi connectivity index (χ4n) is 2.37. The molecule has 22 heavy (non-hydrogen) atoms. The third-order valence-corrected chi connectivity index (χ3v) is 3.32. The molecule has 0 fully saturated rings. The first-order valence-electron chi connectivity index (χ1n) is 6.92. The smallest absolute Gasteiger partial charge is 0.349 e. The Morgan fingerprint density at radius 2 is 2.00 bits per heavy atom. The van der Waals surface area contributed by atoms with E-state index < -0.39 is 11.2 Å². The van der Waals surface area contributed by atoms with Crippen molar-refractivity contribution in [3.63, 3.8) is 0 Å². The summed E-state index contributed by atoms with van der Waals surface area (Å²) in [7, 11) is 0. The van der Waals surface area contributed by atoms with Gasteiger partial charge in [0.05, 0.1) is 17.6 Å². The van der Waals surface area contributed by atoms with Gasteiger partial charge in [-0.1, -0.05) is 12.1 Å². The van der Waals surface area contributed by atoms with E-state index in [1.165, 1.54) is 0 Å². The van der Waals surface area contributed by atoms with Crippen LogP contribution in [0.3, 0.4) is 0 Å². The highest BCUT2D eigenvalue weighted by Crippen LogP contribution is 2.19. The quantitative estimate of drug-likeness (QED) is 0.419. The van der Waals surface area contributed by atoms with Gasteiger partial charge in [-0.25, -0.2) is 9.78 Å². The molecule has 0 aromatic heterocycles. The number of hydrogen-bond donors (Lipinski definition) is 3. The molecule has 0 aliphatic carbocycles. The molecule has 0 unspecified atom stereocenters. The molecule has 0 saturated carbocycles. The van der Waals surface area contributed by atoms with Crippen molar-refractivity contribution in [1.29, 1.82) is 0 Å². The molecule has 114 valence electrons. The molecule has 2 heterocycles. The summed E-state index contributed by atoms with van der Waals surface area (Å²) in [6, 6.07) is 7.36. The Morgan fingerprint density at radius 3 is 2.82 bits per heavy atom. The first-order chi connectivity index (χ1) is 10.7. The van der Waals surface area contributed by atoms with Crippen LogP contribution in [0.15, 0.2) is 33.9 Å². The largest absolute Gasteiger partial charge is 0.395 e. The number of fused-ring (bicyclic) bond motifs is 2. The third-order valence-electron chi connectivity index (χ3n) is 3.32. The first-order valence-corrected chi connectivity index (χ1v) is 6.92. The van der Waals surface area contributed by atoms with Crippen LogP contribution in [-0.2, 0) is 6.54 Å². The van der Waals surface area contributed by atoms with Crippen LogP contribution in [0.5, 0.6) is 0 Å². The van der Waals surface area contributed by atoms with Crippen molar-refractivity contribution in [1.82, 2.24) is 24.8 Å². The van der Waals surface area contributed by atoms with E-state index in [4.69, 9.17) is 5.11 Å². The maximum atomic E-state index is 12.0. The first kappa shape index (κ1) is 14.4. The molecular formula is C14H15N5O3. The van der Waals surface area contributed by atoms with E-state index in [1.807, 2.05) is 18.2 Å². The van der Waals surface area contributed by atoms with Crippen molar-refractivity contribution >= 4 is 11.0 Å². The molecular weight excluding hydrogens is 286 g/mol. The van der Waals surface area contributed by atoms with Gasteiger partial charge in [-0.05, 0) is 12.1 Å². The standard InChI is InChI=1S/C14H15N5O3/c20-8-6-15-5-7-19-10-4-2-1-3-9(10)16-11-12(19)17-14(22)18-13(11)21/h1-4,15,20H,5-8H2,(H,18,21,22). The lowest BCUT2D eigenvalue weighted by molar-refractivity contribution is 0.291. The Bertz CT molecular complexity index is 886. The zero-order chi connectivity index (χ0) is 15.5. The van der Waals surface area contributed by atoms with Gasteiger partial charge in [0.25, 0.3) is 5.56 Å². The molecule has 8 heteroatoms. The Balaban J connectivity index is 2.19. The van der Waals surface area contributed by atoms with Crippen molar-refractivity contribution in [2.75, 3.05) is 19.7 Å². The van der Waals surface area contributed by atoms with Gasteiger partial charge in [0.2, 0.25) is 0 Å². The number of rotatable bonds is 5. The fraction of sp³-hybridized carbons (Fsp3) is 0.286. The van der Waals surface area contributed by atoms with Gasteiger partial charge in [0.15, 0.2) is 11.5 Å². The lowest BCUT2D eigenvalue weighted by atomic mass is 10.2. The average Bonchev–Trinajstić information content (AvgIpc) is 2.51. The Morgan fingerprint density at radius 1 is 1.18 bits per heavy atom. The molecule has 0 radical (unpaired) electrons. The van der Waals surface area contributed by atoms with Gasteiger partial charge in [0, 0.05) is 19.6 Å². The highest BCUT2D eigenvalue weighted by Gasteiger charge is 2.17. The number of hydrogen-bond acceptors (Lipinski definition) is 6. The van der Waals surface area contributed by atoms with E-state index in [0.717, 1.165) is 5.52 Å². The number of H-pyrrole nitrogens is 1. The average molecular weight is 301 g/mol. The molecule has 0 spiro atoms. The van der Waals surface area contributed by atoms with E-state index in [1.54, 1.807) is 10.6 Å². The van der Waals surface area contributed by atoms with Gasteiger partial charge in [-0.15, -0.1) is 0 Å². The molecule has 2 aliphatic heterocycles. The molecule has 0 saturated heterocycles. The minimum absolute atomic E-state index is 0.0468. The van der Waals surface area contributed by atoms with Gasteiger partial charge in [-0.3, -0.25) is 9.78 Å². The van der Waals surface area contributed by atoms with Crippen molar-refractivity contribution in [2.45, 2.75) is 6.54 Å². The summed E-state index contributed by atoms with van der Waals surface area (Å²) < 4.78 is 1.79. The predicted molar refractivity (Wildman–Crippen MR) is 81.0 cm³/mol. The number of aromatic nitrogens is 4. The lowest BCUT2D eigenvalue weighted by Crippen LogP contribution is -2.30. The number of aliphatic hydroxyl groups excluding tert-OH is 1. The topological polar surface area (TPSA) is 113 Å². The maximum Gasteiger partial charge on any atom is 0.349 e. The molecule has 1 aromatic rings. The summed E-state index contributed by atoms with van der Waals surface area (Å²) in [5, 5.41) is 11.9. The molecule has 0 amide bonds. The minimum Gasteiger partial charge on any atom is -0.395 e. The Kier molecular flexibility index (Phi) is 3.94. The fourth-order valence-corrected chi connectivity index (χ4v) is 2.37. The third kappa shape index (κ3) is 2.61. The SMILES string of the molecule is O=c1nc2n(CCNCCO)c3ccccc3nc-2c(=O)[nH]1. The molecule has 3 rings (SSSR count).